The highest BCUT2D eigenvalue weighted by Gasteiger charge is 2.20. The van der Waals surface area contributed by atoms with E-state index in [9.17, 15) is 22.3 Å². The number of likely N-dealkylation sites (N-methyl/N-ethyl adjacent to an activating group) is 1. The van der Waals surface area contributed by atoms with Gasteiger partial charge in [0.1, 0.15) is 21.5 Å². The van der Waals surface area contributed by atoms with E-state index < -0.39 is 27.6 Å². The summed E-state index contributed by atoms with van der Waals surface area (Å²) in [7, 11) is -1.49. The Morgan fingerprint density at radius 3 is 2.45 bits per heavy atom. The minimum Gasteiger partial charge on any atom is -0.387 e. The fourth-order valence-corrected chi connectivity index (χ4v) is 3.02. The van der Waals surface area contributed by atoms with Crippen molar-refractivity contribution in [2.24, 2.45) is 0 Å². The summed E-state index contributed by atoms with van der Waals surface area (Å²) in [4.78, 5) is 1.62. The second-order valence-corrected chi connectivity index (χ2v) is 7.25. The van der Waals surface area contributed by atoms with Crippen LogP contribution in [-0.4, -0.2) is 50.1 Å². The first-order valence-electron chi connectivity index (χ1n) is 6.11. The van der Waals surface area contributed by atoms with Crippen molar-refractivity contribution < 1.29 is 22.3 Å². The lowest BCUT2D eigenvalue weighted by molar-refractivity contribution is 0.110. The molecule has 0 aromatic heterocycles. The van der Waals surface area contributed by atoms with Crippen molar-refractivity contribution in [3.63, 3.8) is 0 Å². The number of nitrogens with zero attached hydrogens (tertiary/aromatic N) is 1. The van der Waals surface area contributed by atoms with E-state index in [1.807, 2.05) is 0 Å². The zero-order valence-corrected chi connectivity index (χ0v) is 12.5. The summed E-state index contributed by atoms with van der Waals surface area (Å²) in [6, 6.07) is 2.65. The minimum absolute atomic E-state index is 0.00944. The number of hydrogen-bond donors (Lipinski definition) is 1. The zero-order chi connectivity index (χ0) is 15.5. The van der Waals surface area contributed by atoms with Crippen molar-refractivity contribution in [2.45, 2.75) is 19.1 Å². The molecule has 0 bridgehead atoms. The first-order valence-corrected chi connectivity index (χ1v) is 8.17. The molecule has 2 unspecified atom stereocenters. The van der Waals surface area contributed by atoms with Gasteiger partial charge in [-0.3, -0.25) is 4.90 Å². The number of aliphatic hydroxyl groups excluding tert-OH is 1. The van der Waals surface area contributed by atoms with Gasteiger partial charge in [0.15, 0.2) is 0 Å². The van der Waals surface area contributed by atoms with Gasteiger partial charge in [-0.15, -0.1) is 0 Å². The van der Waals surface area contributed by atoms with Gasteiger partial charge in [0.05, 0.1) is 11.9 Å². The Balaban J connectivity index is 2.72. The maximum atomic E-state index is 13.5. The molecule has 2 atom stereocenters. The molecule has 0 aliphatic carbocycles. The van der Waals surface area contributed by atoms with Crippen molar-refractivity contribution in [3.05, 3.63) is 35.4 Å². The molecule has 7 heteroatoms. The van der Waals surface area contributed by atoms with E-state index in [1.54, 1.807) is 18.9 Å². The topological polar surface area (TPSA) is 57.6 Å². The third kappa shape index (κ3) is 5.15. The molecule has 0 fully saturated rings. The van der Waals surface area contributed by atoms with Gasteiger partial charge in [-0.2, -0.15) is 0 Å². The summed E-state index contributed by atoms with van der Waals surface area (Å²) >= 11 is 0. The van der Waals surface area contributed by atoms with Gasteiger partial charge in [-0.25, -0.2) is 17.2 Å². The van der Waals surface area contributed by atoms with E-state index in [0.717, 1.165) is 12.3 Å². The number of hydrogen-bond acceptors (Lipinski definition) is 4. The molecule has 1 rings (SSSR count). The molecule has 0 aliphatic heterocycles. The number of aliphatic hydroxyl groups is 1. The van der Waals surface area contributed by atoms with E-state index in [-0.39, 0.29) is 23.9 Å². The molecular formula is C13H19F2NO3S. The SMILES string of the molecule is CC(CS(C)(=O)=O)N(C)CC(O)c1ccc(F)cc1F. The molecule has 1 N–H and O–H groups in total. The Morgan fingerprint density at radius 1 is 1.35 bits per heavy atom. The second kappa shape index (κ2) is 6.60. The highest BCUT2D eigenvalue weighted by molar-refractivity contribution is 7.90. The summed E-state index contributed by atoms with van der Waals surface area (Å²) in [6.07, 6.45) is -0.0180. The quantitative estimate of drug-likeness (QED) is 0.862. The molecule has 0 radical (unpaired) electrons. The predicted molar refractivity (Wildman–Crippen MR) is 73.1 cm³/mol. The third-order valence-corrected chi connectivity index (χ3v) is 4.17. The molecule has 0 amide bonds. The molecule has 0 aliphatic rings. The van der Waals surface area contributed by atoms with Crippen LogP contribution in [0.1, 0.15) is 18.6 Å². The van der Waals surface area contributed by atoms with Crippen LogP contribution in [0.15, 0.2) is 18.2 Å². The van der Waals surface area contributed by atoms with Crippen molar-refractivity contribution in [1.29, 1.82) is 0 Å². The molecule has 114 valence electrons. The average molecular weight is 307 g/mol. The summed E-state index contributed by atoms with van der Waals surface area (Å²) in [5, 5.41) is 9.96. The normalized spacial score (nSPS) is 15.3. The monoisotopic (exact) mass is 307 g/mol. The lowest BCUT2D eigenvalue weighted by Gasteiger charge is -2.26. The van der Waals surface area contributed by atoms with Gasteiger partial charge in [0.25, 0.3) is 0 Å². The largest absolute Gasteiger partial charge is 0.387 e. The zero-order valence-electron chi connectivity index (χ0n) is 11.7. The number of benzene rings is 1. The van der Waals surface area contributed by atoms with Crippen LogP contribution in [0.25, 0.3) is 0 Å². The Labute approximate surface area is 117 Å². The summed E-state index contributed by atoms with van der Waals surface area (Å²) in [6.45, 7) is 1.76. The fourth-order valence-electron chi connectivity index (χ4n) is 1.89. The number of rotatable bonds is 6. The van der Waals surface area contributed by atoms with Gasteiger partial charge in [-0.1, -0.05) is 6.07 Å². The van der Waals surface area contributed by atoms with Crippen LogP contribution in [0.2, 0.25) is 0 Å². The Bertz CT molecular complexity index is 563. The lowest BCUT2D eigenvalue weighted by Crippen LogP contribution is -2.37. The molecule has 0 saturated heterocycles. The summed E-state index contributed by atoms with van der Waals surface area (Å²) in [5.41, 5.74) is -0.00944. The summed E-state index contributed by atoms with van der Waals surface area (Å²) in [5.74, 6) is -1.58. The molecule has 0 saturated carbocycles. The highest BCUT2D eigenvalue weighted by Crippen LogP contribution is 2.19. The maximum Gasteiger partial charge on any atom is 0.148 e. The van der Waals surface area contributed by atoms with Crippen LogP contribution in [0.3, 0.4) is 0 Å². The standard InChI is InChI=1S/C13H19F2NO3S/c1-9(8-20(3,18)19)16(2)7-13(17)11-5-4-10(14)6-12(11)15/h4-6,9,13,17H,7-8H2,1-3H3. The van der Waals surface area contributed by atoms with E-state index in [1.165, 1.54) is 6.07 Å². The summed E-state index contributed by atoms with van der Waals surface area (Å²) < 4.78 is 48.7. The number of sulfone groups is 1. The van der Waals surface area contributed by atoms with Gasteiger partial charge >= 0.3 is 0 Å². The molecule has 0 spiro atoms. The first-order chi connectivity index (χ1) is 9.10. The van der Waals surface area contributed by atoms with Crippen LogP contribution < -0.4 is 0 Å². The third-order valence-electron chi connectivity index (χ3n) is 3.08. The van der Waals surface area contributed by atoms with E-state index in [4.69, 9.17) is 0 Å². The predicted octanol–water partition coefficient (Wildman–Crippen LogP) is 1.36. The highest BCUT2D eigenvalue weighted by atomic mass is 32.2. The first kappa shape index (κ1) is 17.0. The van der Waals surface area contributed by atoms with Crippen molar-refractivity contribution >= 4 is 9.84 Å². The van der Waals surface area contributed by atoms with Crippen LogP contribution in [-0.2, 0) is 9.84 Å². The lowest BCUT2D eigenvalue weighted by atomic mass is 10.1. The van der Waals surface area contributed by atoms with Crippen molar-refractivity contribution in [3.8, 4) is 0 Å². The van der Waals surface area contributed by atoms with Gasteiger partial charge in [0.2, 0.25) is 0 Å². The van der Waals surface area contributed by atoms with Crippen LogP contribution in [0.4, 0.5) is 8.78 Å². The molecule has 20 heavy (non-hydrogen) atoms. The fraction of sp³-hybridized carbons (Fsp3) is 0.538. The van der Waals surface area contributed by atoms with Crippen molar-refractivity contribution in [1.82, 2.24) is 4.90 Å². The smallest absolute Gasteiger partial charge is 0.148 e. The average Bonchev–Trinajstić information content (AvgIpc) is 2.26. The van der Waals surface area contributed by atoms with Crippen molar-refractivity contribution in [2.75, 3.05) is 25.6 Å². The van der Waals surface area contributed by atoms with E-state index >= 15 is 0 Å². The Hall–Kier alpha value is -1.05. The van der Waals surface area contributed by atoms with Gasteiger partial charge in [-0.05, 0) is 20.0 Å². The van der Waals surface area contributed by atoms with Crippen LogP contribution in [0, 0.1) is 11.6 Å². The molecule has 1 aromatic carbocycles. The van der Waals surface area contributed by atoms with Crippen LogP contribution >= 0.6 is 0 Å². The molecule has 0 heterocycles. The molecule has 4 nitrogen and oxygen atoms in total. The van der Waals surface area contributed by atoms with E-state index in [2.05, 4.69) is 0 Å². The maximum absolute atomic E-state index is 13.5. The second-order valence-electron chi connectivity index (χ2n) is 5.06. The number of halogens is 2. The van der Waals surface area contributed by atoms with Gasteiger partial charge < -0.3 is 5.11 Å². The minimum atomic E-state index is -3.13. The molecular weight excluding hydrogens is 288 g/mol. The Kier molecular flexibility index (Phi) is 5.61. The van der Waals surface area contributed by atoms with Crippen LogP contribution in [0.5, 0.6) is 0 Å². The molecule has 1 aromatic rings. The van der Waals surface area contributed by atoms with E-state index in [0.29, 0.717) is 6.07 Å². The van der Waals surface area contributed by atoms with Gasteiger partial charge in [0, 0.05) is 30.5 Å². The Morgan fingerprint density at radius 2 is 1.95 bits per heavy atom.